The number of aromatic nitrogens is 5. The Balaban J connectivity index is 1.26. The van der Waals surface area contributed by atoms with Gasteiger partial charge >= 0.3 is 0 Å². The van der Waals surface area contributed by atoms with Crippen LogP contribution in [0.1, 0.15) is 34.5 Å². The van der Waals surface area contributed by atoms with Crippen molar-refractivity contribution in [2.24, 2.45) is 0 Å². The van der Waals surface area contributed by atoms with Gasteiger partial charge < -0.3 is 10.1 Å². The molecule has 0 saturated carbocycles. The van der Waals surface area contributed by atoms with E-state index in [1.807, 2.05) is 50.2 Å². The molecule has 158 valence electrons. The molecule has 1 amide bonds. The molecule has 4 aromatic rings. The third-order valence-corrected chi connectivity index (χ3v) is 5.13. The van der Waals surface area contributed by atoms with Crippen LogP contribution < -0.4 is 10.1 Å². The summed E-state index contributed by atoms with van der Waals surface area (Å²) in [6.45, 7) is 4.85. The van der Waals surface area contributed by atoms with Crippen molar-refractivity contribution in [3.8, 4) is 5.75 Å². The van der Waals surface area contributed by atoms with Crippen LogP contribution in [0.2, 0.25) is 0 Å². The van der Waals surface area contributed by atoms with E-state index < -0.39 is 0 Å². The standard InChI is InChI=1S/C23H24N6O2/c1-16-21(17(2)29-23(28-16)26-15-27-29)9-10-22(30)25-13-18-5-7-20(8-6-18)31-14-19-4-3-11-24-12-19/h3-8,11-12,15H,9-10,13-14H2,1-2H3,(H,25,30). The second-order valence-corrected chi connectivity index (χ2v) is 7.30. The molecule has 1 N–H and O–H groups in total. The summed E-state index contributed by atoms with van der Waals surface area (Å²) in [6, 6.07) is 11.6. The lowest BCUT2D eigenvalue weighted by atomic mass is 10.1. The Labute approximate surface area is 180 Å². The quantitative estimate of drug-likeness (QED) is 0.475. The smallest absolute Gasteiger partial charge is 0.252 e. The van der Waals surface area contributed by atoms with Crippen LogP contribution in [0, 0.1) is 13.8 Å². The van der Waals surface area contributed by atoms with Crippen LogP contribution in [-0.2, 0) is 24.4 Å². The van der Waals surface area contributed by atoms with Gasteiger partial charge in [-0.05, 0) is 49.6 Å². The summed E-state index contributed by atoms with van der Waals surface area (Å²) in [6.07, 6.45) is 6.00. The van der Waals surface area contributed by atoms with Crippen molar-refractivity contribution in [1.82, 2.24) is 29.9 Å². The summed E-state index contributed by atoms with van der Waals surface area (Å²) in [4.78, 5) is 25.0. The minimum Gasteiger partial charge on any atom is -0.489 e. The Kier molecular flexibility index (Phi) is 6.16. The molecule has 3 heterocycles. The number of fused-ring (bicyclic) bond motifs is 1. The van der Waals surface area contributed by atoms with Gasteiger partial charge in [-0.2, -0.15) is 10.1 Å². The fraction of sp³-hybridized carbons (Fsp3) is 0.261. The fourth-order valence-electron chi connectivity index (χ4n) is 3.40. The maximum absolute atomic E-state index is 12.4. The van der Waals surface area contributed by atoms with Gasteiger partial charge in [-0.3, -0.25) is 9.78 Å². The normalized spacial score (nSPS) is 10.9. The summed E-state index contributed by atoms with van der Waals surface area (Å²) in [5, 5.41) is 7.16. The number of carbonyl (C=O) groups is 1. The number of hydrogen-bond donors (Lipinski definition) is 1. The maximum Gasteiger partial charge on any atom is 0.252 e. The van der Waals surface area contributed by atoms with E-state index in [1.165, 1.54) is 6.33 Å². The molecule has 4 rings (SSSR count). The zero-order chi connectivity index (χ0) is 21.6. The number of benzene rings is 1. The van der Waals surface area contributed by atoms with Crippen molar-refractivity contribution in [2.45, 2.75) is 39.8 Å². The molecule has 0 radical (unpaired) electrons. The van der Waals surface area contributed by atoms with Crippen LogP contribution in [0.25, 0.3) is 5.78 Å². The largest absolute Gasteiger partial charge is 0.489 e. The van der Waals surface area contributed by atoms with Gasteiger partial charge in [0.05, 0.1) is 0 Å². The first kappa shape index (κ1) is 20.5. The lowest BCUT2D eigenvalue weighted by Gasteiger charge is -2.11. The highest BCUT2D eigenvalue weighted by atomic mass is 16.5. The van der Waals surface area contributed by atoms with E-state index in [9.17, 15) is 4.79 Å². The minimum atomic E-state index is -0.00519. The van der Waals surface area contributed by atoms with Gasteiger partial charge in [0.25, 0.3) is 5.78 Å². The molecule has 8 heteroatoms. The molecule has 0 aliphatic carbocycles. The predicted octanol–water partition coefficient (Wildman–Crippen LogP) is 2.96. The summed E-state index contributed by atoms with van der Waals surface area (Å²) >= 11 is 0. The lowest BCUT2D eigenvalue weighted by molar-refractivity contribution is -0.121. The van der Waals surface area contributed by atoms with E-state index >= 15 is 0 Å². The molecular formula is C23H24N6O2. The maximum atomic E-state index is 12.4. The van der Waals surface area contributed by atoms with Crippen molar-refractivity contribution in [1.29, 1.82) is 0 Å². The number of carbonyl (C=O) groups excluding carboxylic acids is 1. The van der Waals surface area contributed by atoms with E-state index in [0.29, 0.717) is 31.8 Å². The zero-order valence-electron chi connectivity index (χ0n) is 17.6. The highest BCUT2D eigenvalue weighted by Gasteiger charge is 2.12. The van der Waals surface area contributed by atoms with E-state index in [2.05, 4.69) is 25.4 Å². The van der Waals surface area contributed by atoms with Crippen LogP contribution in [-0.4, -0.2) is 30.5 Å². The summed E-state index contributed by atoms with van der Waals surface area (Å²) in [5.41, 5.74) is 4.91. The van der Waals surface area contributed by atoms with Gasteiger partial charge in [-0.15, -0.1) is 0 Å². The SMILES string of the molecule is Cc1nc2ncnn2c(C)c1CCC(=O)NCc1ccc(OCc2cccnc2)cc1. The van der Waals surface area contributed by atoms with Gasteiger partial charge in [0.2, 0.25) is 5.91 Å². The number of rotatable bonds is 8. The van der Waals surface area contributed by atoms with E-state index in [4.69, 9.17) is 4.74 Å². The van der Waals surface area contributed by atoms with Crippen LogP contribution in [0.15, 0.2) is 55.1 Å². The molecule has 0 saturated heterocycles. The Morgan fingerprint density at radius 3 is 2.74 bits per heavy atom. The number of aryl methyl sites for hydroxylation is 2. The number of pyridine rings is 1. The Morgan fingerprint density at radius 1 is 1.13 bits per heavy atom. The van der Waals surface area contributed by atoms with Crippen LogP contribution in [0.4, 0.5) is 0 Å². The molecule has 1 aromatic carbocycles. The number of amides is 1. The molecule has 3 aromatic heterocycles. The molecule has 31 heavy (non-hydrogen) atoms. The zero-order valence-corrected chi connectivity index (χ0v) is 17.6. The average Bonchev–Trinajstić information content (AvgIpc) is 3.26. The number of nitrogens with one attached hydrogen (secondary N) is 1. The first-order valence-electron chi connectivity index (χ1n) is 10.1. The van der Waals surface area contributed by atoms with Crippen molar-refractivity contribution in [3.05, 3.63) is 83.2 Å². The Bertz CT molecular complexity index is 1170. The van der Waals surface area contributed by atoms with Gasteiger partial charge in [0.1, 0.15) is 18.7 Å². The highest BCUT2D eigenvalue weighted by Crippen LogP contribution is 2.16. The monoisotopic (exact) mass is 416 g/mol. The van der Waals surface area contributed by atoms with E-state index in [1.54, 1.807) is 16.9 Å². The van der Waals surface area contributed by atoms with Crippen LogP contribution >= 0.6 is 0 Å². The van der Waals surface area contributed by atoms with Crippen molar-refractivity contribution < 1.29 is 9.53 Å². The molecule has 8 nitrogen and oxygen atoms in total. The third-order valence-electron chi connectivity index (χ3n) is 5.13. The molecule has 0 spiro atoms. The number of nitrogens with zero attached hydrogens (tertiary/aromatic N) is 5. The first-order chi connectivity index (χ1) is 15.1. The first-order valence-corrected chi connectivity index (χ1v) is 10.1. The molecular weight excluding hydrogens is 392 g/mol. The number of hydrogen-bond acceptors (Lipinski definition) is 6. The molecule has 0 aliphatic heterocycles. The van der Waals surface area contributed by atoms with Crippen LogP contribution in [0.3, 0.4) is 0 Å². The van der Waals surface area contributed by atoms with Crippen molar-refractivity contribution >= 4 is 11.7 Å². The molecule has 0 unspecified atom stereocenters. The molecule has 0 aliphatic rings. The highest BCUT2D eigenvalue weighted by molar-refractivity contribution is 5.76. The summed E-state index contributed by atoms with van der Waals surface area (Å²) < 4.78 is 7.47. The topological polar surface area (TPSA) is 94.3 Å². The summed E-state index contributed by atoms with van der Waals surface area (Å²) in [5.74, 6) is 1.35. The van der Waals surface area contributed by atoms with E-state index in [-0.39, 0.29) is 5.91 Å². The second-order valence-electron chi connectivity index (χ2n) is 7.30. The van der Waals surface area contributed by atoms with Crippen molar-refractivity contribution in [2.75, 3.05) is 0 Å². The van der Waals surface area contributed by atoms with Gasteiger partial charge in [-0.25, -0.2) is 9.50 Å². The fourth-order valence-corrected chi connectivity index (χ4v) is 3.40. The third kappa shape index (κ3) is 5.03. The predicted molar refractivity (Wildman–Crippen MR) is 115 cm³/mol. The van der Waals surface area contributed by atoms with Gasteiger partial charge in [0, 0.05) is 42.3 Å². The Morgan fingerprint density at radius 2 is 1.97 bits per heavy atom. The lowest BCUT2D eigenvalue weighted by Crippen LogP contribution is -2.23. The minimum absolute atomic E-state index is 0.00519. The van der Waals surface area contributed by atoms with Gasteiger partial charge in [-0.1, -0.05) is 18.2 Å². The van der Waals surface area contributed by atoms with Gasteiger partial charge in [0.15, 0.2) is 0 Å². The average molecular weight is 416 g/mol. The van der Waals surface area contributed by atoms with E-state index in [0.717, 1.165) is 33.8 Å². The second kappa shape index (κ2) is 9.34. The van der Waals surface area contributed by atoms with Crippen LogP contribution in [0.5, 0.6) is 5.75 Å². The molecule has 0 fully saturated rings. The van der Waals surface area contributed by atoms with Crippen molar-refractivity contribution in [3.63, 3.8) is 0 Å². The number of ether oxygens (including phenoxy) is 1. The molecule has 0 atom stereocenters. The molecule has 0 bridgehead atoms. The summed E-state index contributed by atoms with van der Waals surface area (Å²) in [7, 11) is 0. The Hall–Kier alpha value is -3.81.